The third-order valence-corrected chi connectivity index (χ3v) is 2.88. The number of hydrogen-bond acceptors (Lipinski definition) is 3. The number of rotatable bonds is 4. The third kappa shape index (κ3) is 2.57. The molecule has 0 bridgehead atoms. The van der Waals surface area contributed by atoms with E-state index in [1.54, 1.807) is 6.20 Å². The van der Waals surface area contributed by atoms with Gasteiger partial charge in [0.25, 0.3) is 0 Å². The van der Waals surface area contributed by atoms with Crippen LogP contribution in [0.2, 0.25) is 0 Å². The first-order valence-corrected chi connectivity index (χ1v) is 5.16. The number of anilines is 2. The first-order valence-electron chi connectivity index (χ1n) is 4.37. The van der Waals surface area contributed by atoms with Crippen molar-refractivity contribution in [2.24, 2.45) is 0 Å². The molecule has 78 valence electrons. The van der Waals surface area contributed by atoms with Crippen LogP contribution >= 0.6 is 15.9 Å². The van der Waals surface area contributed by atoms with E-state index >= 15 is 0 Å². The van der Waals surface area contributed by atoms with Crippen LogP contribution < -0.4 is 11.1 Å². The molecule has 14 heavy (non-hydrogen) atoms. The molecule has 0 saturated heterocycles. The molecule has 0 saturated carbocycles. The summed E-state index contributed by atoms with van der Waals surface area (Å²) in [6, 6.07) is 0. The van der Waals surface area contributed by atoms with Crippen LogP contribution in [0.15, 0.2) is 10.7 Å². The summed E-state index contributed by atoms with van der Waals surface area (Å²) >= 11 is 3.38. The number of aromatic nitrogens is 1. The van der Waals surface area contributed by atoms with Gasteiger partial charge in [0.05, 0.1) is 23.0 Å². The summed E-state index contributed by atoms with van der Waals surface area (Å²) in [7, 11) is 0. The zero-order valence-corrected chi connectivity index (χ0v) is 9.57. The lowest BCUT2D eigenvalue weighted by Gasteiger charge is -2.09. The molecule has 3 nitrogen and oxygen atoms in total. The minimum Gasteiger partial charge on any atom is -0.397 e. The van der Waals surface area contributed by atoms with E-state index in [1.165, 1.54) is 0 Å². The first-order chi connectivity index (χ1) is 6.66. The molecule has 3 N–H and O–H groups in total. The predicted octanol–water partition coefficient (Wildman–Crippen LogP) is 2.51. The summed E-state index contributed by atoms with van der Waals surface area (Å²) in [5.74, 6) is 0.713. The Morgan fingerprint density at radius 3 is 3.00 bits per heavy atom. The van der Waals surface area contributed by atoms with Gasteiger partial charge in [0, 0.05) is 6.54 Å². The van der Waals surface area contributed by atoms with Crippen LogP contribution in [0.5, 0.6) is 0 Å². The highest BCUT2D eigenvalue weighted by Gasteiger charge is 2.06. The molecular weight excluding hydrogens is 249 g/mol. The van der Waals surface area contributed by atoms with Crippen LogP contribution in [0.1, 0.15) is 12.0 Å². The van der Waals surface area contributed by atoms with Gasteiger partial charge in [-0.1, -0.05) is 0 Å². The fraction of sp³-hybridized carbons (Fsp3) is 0.444. The average molecular weight is 262 g/mol. The molecule has 0 amide bonds. The summed E-state index contributed by atoms with van der Waals surface area (Å²) < 4.78 is 12.7. The van der Waals surface area contributed by atoms with Crippen LogP contribution in [-0.2, 0) is 0 Å². The minimum atomic E-state index is -0.321. The van der Waals surface area contributed by atoms with Crippen molar-refractivity contribution in [3.8, 4) is 0 Å². The topological polar surface area (TPSA) is 50.9 Å². The number of hydrogen-bond donors (Lipinski definition) is 2. The normalized spacial score (nSPS) is 10.2. The van der Waals surface area contributed by atoms with Crippen molar-refractivity contribution in [2.45, 2.75) is 13.3 Å². The Balaban J connectivity index is 2.73. The van der Waals surface area contributed by atoms with Crippen molar-refractivity contribution in [2.75, 3.05) is 24.3 Å². The Bertz CT molecular complexity index is 317. The van der Waals surface area contributed by atoms with E-state index in [-0.39, 0.29) is 6.67 Å². The molecule has 1 rings (SSSR count). The summed E-state index contributed by atoms with van der Waals surface area (Å²) in [6.45, 7) is 2.16. The Hall–Kier alpha value is -0.840. The first kappa shape index (κ1) is 11.2. The van der Waals surface area contributed by atoms with Gasteiger partial charge in [0.1, 0.15) is 5.82 Å². The molecule has 0 aliphatic rings. The highest BCUT2D eigenvalue weighted by atomic mass is 79.9. The van der Waals surface area contributed by atoms with Gasteiger partial charge in [0.15, 0.2) is 0 Å². The summed E-state index contributed by atoms with van der Waals surface area (Å²) in [5.41, 5.74) is 7.26. The number of pyridine rings is 1. The van der Waals surface area contributed by atoms with Crippen LogP contribution in [0.25, 0.3) is 0 Å². The van der Waals surface area contributed by atoms with Crippen molar-refractivity contribution in [3.63, 3.8) is 0 Å². The van der Waals surface area contributed by atoms with E-state index in [0.717, 1.165) is 10.0 Å². The quantitative estimate of drug-likeness (QED) is 0.820. The predicted molar refractivity (Wildman–Crippen MR) is 60.2 cm³/mol. The Morgan fingerprint density at radius 1 is 1.64 bits per heavy atom. The maximum absolute atomic E-state index is 11.8. The smallest absolute Gasteiger partial charge is 0.140 e. The number of nitrogens with zero attached hydrogens (tertiary/aromatic N) is 1. The van der Waals surface area contributed by atoms with Crippen LogP contribution in [-0.4, -0.2) is 18.2 Å². The maximum atomic E-state index is 11.8. The van der Waals surface area contributed by atoms with Crippen molar-refractivity contribution >= 4 is 27.4 Å². The lowest BCUT2D eigenvalue weighted by atomic mass is 10.2. The Morgan fingerprint density at radius 2 is 2.36 bits per heavy atom. The van der Waals surface area contributed by atoms with Gasteiger partial charge in [0.2, 0.25) is 0 Å². The maximum Gasteiger partial charge on any atom is 0.140 e. The monoisotopic (exact) mass is 261 g/mol. The van der Waals surface area contributed by atoms with Crippen molar-refractivity contribution in [1.82, 2.24) is 4.98 Å². The van der Waals surface area contributed by atoms with E-state index in [4.69, 9.17) is 5.73 Å². The number of nitrogens with two attached hydrogens (primary N) is 1. The zero-order valence-electron chi connectivity index (χ0n) is 7.98. The lowest BCUT2D eigenvalue weighted by Crippen LogP contribution is -2.06. The fourth-order valence-electron chi connectivity index (χ4n) is 0.989. The molecule has 0 spiro atoms. The van der Waals surface area contributed by atoms with E-state index < -0.39 is 0 Å². The van der Waals surface area contributed by atoms with Gasteiger partial charge < -0.3 is 11.1 Å². The van der Waals surface area contributed by atoms with E-state index in [0.29, 0.717) is 24.5 Å². The van der Waals surface area contributed by atoms with Gasteiger partial charge in [-0.05, 0) is 34.8 Å². The standard InChI is InChI=1S/C9H13BrFN3/c1-6-7(12)5-14-9(8(6)10)13-4-2-3-11/h5H,2-4,12H2,1H3,(H,13,14). The van der Waals surface area contributed by atoms with Gasteiger partial charge in [-0.15, -0.1) is 0 Å². The highest BCUT2D eigenvalue weighted by molar-refractivity contribution is 9.10. The minimum absolute atomic E-state index is 0.321. The van der Waals surface area contributed by atoms with Crippen molar-refractivity contribution in [3.05, 3.63) is 16.2 Å². The molecule has 0 fully saturated rings. The molecule has 0 aliphatic carbocycles. The lowest BCUT2D eigenvalue weighted by molar-refractivity contribution is 0.481. The number of halogens is 2. The fourth-order valence-corrected chi connectivity index (χ4v) is 1.46. The van der Waals surface area contributed by atoms with Crippen LogP contribution in [0.3, 0.4) is 0 Å². The van der Waals surface area contributed by atoms with Gasteiger partial charge >= 0.3 is 0 Å². The van der Waals surface area contributed by atoms with Crippen LogP contribution in [0, 0.1) is 6.92 Å². The molecule has 0 aliphatic heterocycles. The van der Waals surface area contributed by atoms with E-state index in [2.05, 4.69) is 26.2 Å². The van der Waals surface area contributed by atoms with Gasteiger partial charge in [-0.25, -0.2) is 4.98 Å². The molecule has 0 radical (unpaired) electrons. The second-order valence-electron chi connectivity index (χ2n) is 2.97. The molecule has 5 heteroatoms. The Kier molecular flexibility index (Phi) is 4.13. The SMILES string of the molecule is Cc1c(N)cnc(NCCCF)c1Br. The van der Waals surface area contributed by atoms with Crippen LogP contribution in [0.4, 0.5) is 15.9 Å². The van der Waals surface area contributed by atoms with Gasteiger partial charge in [-0.3, -0.25) is 4.39 Å². The summed E-state index contributed by atoms with van der Waals surface area (Å²) in [5, 5.41) is 3.03. The second kappa shape index (κ2) is 5.14. The molecule has 0 atom stereocenters. The number of alkyl halides is 1. The summed E-state index contributed by atoms with van der Waals surface area (Å²) in [6.07, 6.45) is 2.08. The zero-order chi connectivity index (χ0) is 10.6. The molecular formula is C9H13BrFN3. The van der Waals surface area contributed by atoms with Gasteiger partial charge in [-0.2, -0.15) is 0 Å². The largest absolute Gasteiger partial charge is 0.397 e. The van der Waals surface area contributed by atoms with Crippen molar-refractivity contribution < 1.29 is 4.39 Å². The molecule has 0 unspecified atom stereocenters. The number of nitrogen functional groups attached to an aromatic ring is 1. The molecule has 1 heterocycles. The Labute approximate surface area is 91.0 Å². The second-order valence-corrected chi connectivity index (χ2v) is 3.76. The van der Waals surface area contributed by atoms with E-state index in [9.17, 15) is 4.39 Å². The number of nitrogens with one attached hydrogen (secondary N) is 1. The molecule has 1 aromatic heterocycles. The average Bonchev–Trinajstić information content (AvgIpc) is 2.18. The molecule has 0 aromatic carbocycles. The van der Waals surface area contributed by atoms with E-state index in [1.807, 2.05) is 6.92 Å². The van der Waals surface area contributed by atoms with Crippen molar-refractivity contribution in [1.29, 1.82) is 0 Å². The highest BCUT2D eigenvalue weighted by Crippen LogP contribution is 2.27. The third-order valence-electron chi connectivity index (χ3n) is 1.91. The summed E-state index contributed by atoms with van der Waals surface area (Å²) in [4.78, 5) is 4.11. The molecule has 1 aromatic rings.